The van der Waals surface area contributed by atoms with Gasteiger partial charge in [0.05, 0.1) is 29.2 Å². The van der Waals surface area contributed by atoms with Gasteiger partial charge >= 0.3 is 0 Å². The van der Waals surface area contributed by atoms with E-state index in [1.807, 2.05) is 24.4 Å². The minimum absolute atomic E-state index is 0.0951. The molecule has 2 aromatic heterocycles. The number of hydrogen-bond acceptors (Lipinski definition) is 8. The minimum atomic E-state index is -0.139. The Balaban J connectivity index is 2.02. The summed E-state index contributed by atoms with van der Waals surface area (Å²) in [6.07, 6.45) is 5.73. The highest BCUT2D eigenvalue weighted by Crippen LogP contribution is 2.31. The minimum Gasteiger partial charge on any atom is -0.489 e. The van der Waals surface area contributed by atoms with Crippen molar-refractivity contribution in [2.24, 2.45) is 16.5 Å². The van der Waals surface area contributed by atoms with Crippen molar-refractivity contribution in [2.45, 2.75) is 6.42 Å². The van der Waals surface area contributed by atoms with E-state index in [2.05, 4.69) is 15.4 Å². The summed E-state index contributed by atoms with van der Waals surface area (Å²) in [5.74, 6) is 0.938. The van der Waals surface area contributed by atoms with E-state index in [-0.39, 0.29) is 18.9 Å². The maximum atomic E-state index is 8.94. The molecule has 2 heterocycles. The van der Waals surface area contributed by atoms with Crippen LogP contribution in [0.4, 0.5) is 11.5 Å². The molecule has 0 aliphatic heterocycles. The molecule has 0 fully saturated rings. The summed E-state index contributed by atoms with van der Waals surface area (Å²) in [6, 6.07) is 5.71. The van der Waals surface area contributed by atoms with Crippen LogP contribution < -0.4 is 16.8 Å². The van der Waals surface area contributed by atoms with Gasteiger partial charge in [0.25, 0.3) is 0 Å². The summed E-state index contributed by atoms with van der Waals surface area (Å²) in [5, 5.41) is 24.7. The first-order valence-corrected chi connectivity index (χ1v) is 8.66. The van der Waals surface area contributed by atoms with Crippen molar-refractivity contribution in [3.63, 3.8) is 0 Å². The van der Waals surface area contributed by atoms with Gasteiger partial charge in [0.1, 0.15) is 18.1 Å². The average Bonchev–Trinajstić information content (AvgIpc) is 3.01. The number of pyridine rings is 1. The number of fused-ring (bicyclic) bond motifs is 1. The van der Waals surface area contributed by atoms with Gasteiger partial charge in [-0.2, -0.15) is 0 Å². The molecule has 0 spiro atoms. The number of aliphatic imine (C=N–C) groups is 1. The maximum absolute atomic E-state index is 8.94. The Morgan fingerprint density at radius 2 is 2.19 bits per heavy atom. The zero-order valence-corrected chi connectivity index (χ0v) is 14.9. The number of hydrogen-bond donors (Lipinski definition) is 5. The largest absolute Gasteiger partial charge is 0.489 e. The molecule has 0 bridgehead atoms. The van der Waals surface area contributed by atoms with Crippen LogP contribution in [0.2, 0.25) is 0 Å². The van der Waals surface area contributed by atoms with Crippen LogP contribution in [0.15, 0.2) is 53.0 Å². The molecule has 0 saturated carbocycles. The number of ether oxygens (including phenoxy) is 1. The molecule has 0 atom stereocenters. The number of nitrogens with zero attached hydrogens (tertiary/aromatic N) is 3. The summed E-state index contributed by atoms with van der Waals surface area (Å²) >= 11 is 0. The molecule has 0 amide bonds. The van der Waals surface area contributed by atoms with Gasteiger partial charge in [-0.1, -0.05) is 6.07 Å². The van der Waals surface area contributed by atoms with Crippen LogP contribution in [0.25, 0.3) is 5.52 Å². The number of nitrogens with one attached hydrogen (secondary N) is 2. The second-order valence-corrected chi connectivity index (χ2v) is 5.89. The Labute approximate surface area is 156 Å². The molecule has 1 aliphatic rings. The van der Waals surface area contributed by atoms with E-state index >= 15 is 0 Å². The van der Waals surface area contributed by atoms with E-state index in [1.54, 1.807) is 10.6 Å². The van der Waals surface area contributed by atoms with Crippen LogP contribution in [0, 0.1) is 5.41 Å². The Morgan fingerprint density at radius 3 is 2.96 bits per heavy atom. The molecule has 2 aromatic rings. The second kappa shape index (κ2) is 8.47. The normalized spacial score (nSPS) is 15.8. The van der Waals surface area contributed by atoms with Gasteiger partial charge in [-0.25, -0.2) is 9.51 Å². The van der Waals surface area contributed by atoms with Gasteiger partial charge < -0.3 is 26.6 Å². The van der Waals surface area contributed by atoms with Gasteiger partial charge in [0.15, 0.2) is 5.82 Å². The van der Waals surface area contributed by atoms with Crippen molar-refractivity contribution in [1.82, 2.24) is 9.61 Å². The SMILES string of the molecule is N=C1C=C(N)/C(=N/c2c(NCCCN)nn3ccccc23)C=C1OCCO. The smallest absolute Gasteiger partial charge is 0.175 e. The van der Waals surface area contributed by atoms with Crippen LogP contribution in [0.5, 0.6) is 0 Å². The lowest BCUT2D eigenvalue weighted by atomic mass is 10.1. The van der Waals surface area contributed by atoms with Crippen molar-refractivity contribution < 1.29 is 9.84 Å². The lowest BCUT2D eigenvalue weighted by Gasteiger charge is -2.15. The summed E-state index contributed by atoms with van der Waals surface area (Å²) in [4.78, 5) is 4.69. The van der Waals surface area contributed by atoms with E-state index < -0.39 is 0 Å². The van der Waals surface area contributed by atoms with Crippen molar-refractivity contribution in [1.29, 1.82) is 5.41 Å². The van der Waals surface area contributed by atoms with Gasteiger partial charge in [0, 0.05) is 18.8 Å². The van der Waals surface area contributed by atoms with Crippen LogP contribution in [-0.4, -0.2) is 52.4 Å². The third-order valence-electron chi connectivity index (χ3n) is 3.90. The van der Waals surface area contributed by atoms with Gasteiger partial charge in [-0.15, -0.1) is 5.10 Å². The number of aliphatic hydroxyl groups is 1. The fourth-order valence-corrected chi connectivity index (χ4v) is 2.60. The van der Waals surface area contributed by atoms with Gasteiger partial charge in [0.2, 0.25) is 0 Å². The molecule has 142 valence electrons. The average molecular weight is 369 g/mol. The van der Waals surface area contributed by atoms with E-state index in [4.69, 9.17) is 26.7 Å². The second-order valence-electron chi connectivity index (χ2n) is 5.89. The molecular formula is C18H23N7O2. The lowest BCUT2D eigenvalue weighted by molar-refractivity contribution is 0.156. The number of anilines is 1. The van der Waals surface area contributed by atoms with Crippen molar-refractivity contribution in [3.8, 4) is 0 Å². The zero-order chi connectivity index (χ0) is 19.2. The zero-order valence-electron chi connectivity index (χ0n) is 14.9. The third-order valence-corrected chi connectivity index (χ3v) is 3.90. The number of nitrogens with two attached hydrogens (primary N) is 2. The quantitative estimate of drug-likeness (QED) is 0.345. The molecule has 27 heavy (non-hydrogen) atoms. The molecule has 1 aliphatic carbocycles. The Hall–Kier alpha value is -3.17. The third kappa shape index (κ3) is 4.15. The van der Waals surface area contributed by atoms with E-state index in [0.29, 0.717) is 41.8 Å². The van der Waals surface area contributed by atoms with Crippen LogP contribution in [0.1, 0.15) is 6.42 Å². The predicted octanol–water partition coefficient (Wildman–Crippen LogP) is 0.936. The maximum Gasteiger partial charge on any atom is 0.175 e. The van der Waals surface area contributed by atoms with Crippen LogP contribution in [0.3, 0.4) is 0 Å². The highest BCUT2D eigenvalue weighted by molar-refractivity contribution is 6.22. The van der Waals surface area contributed by atoms with Crippen molar-refractivity contribution >= 4 is 28.4 Å². The molecule has 9 nitrogen and oxygen atoms in total. The standard InChI is InChI=1S/C18H23N7O2/c19-5-3-6-22-18-17(15-4-1-2-7-25(15)24-18)23-14-11-16(27-9-8-26)13(21)10-12(14)20/h1-2,4,7,10-11,21,26H,3,5-6,8-9,19-20H2,(H,22,24)/b21-13?,23-14+. The van der Waals surface area contributed by atoms with Gasteiger partial charge in [-0.3, -0.25) is 5.41 Å². The Morgan fingerprint density at radius 1 is 1.33 bits per heavy atom. The molecule has 3 rings (SSSR count). The molecule has 0 radical (unpaired) electrons. The first kappa shape index (κ1) is 18.6. The summed E-state index contributed by atoms with van der Waals surface area (Å²) in [7, 11) is 0. The monoisotopic (exact) mass is 369 g/mol. The first-order valence-electron chi connectivity index (χ1n) is 8.66. The predicted molar refractivity (Wildman–Crippen MR) is 106 cm³/mol. The van der Waals surface area contributed by atoms with E-state index in [9.17, 15) is 0 Å². The number of aromatic nitrogens is 2. The number of allylic oxidation sites excluding steroid dienone is 2. The fourth-order valence-electron chi connectivity index (χ4n) is 2.60. The van der Waals surface area contributed by atoms with E-state index in [0.717, 1.165) is 11.9 Å². The molecule has 9 heteroatoms. The topological polar surface area (TPSA) is 147 Å². The van der Waals surface area contributed by atoms with Gasteiger partial charge in [-0.05, 0) is 31.2 Å². The summed E-state index contributed by atoms with van der Waals surface area (Å²) < 4.78 is 7.13. The summed E-state index contributed by atoms with van der Waals surface area (Å²) in [6.45, 7) is 1.21. The molecule has 0 saturated heterocycles. The van der Waals surface area contributed by atoms with Crippen LogP contribution >= 0.6 is 0 Å². The molecule has 0 aromatic carbocycles. The molecule has 7 N–H and O–H groups in total. The fraction of sp³-hybridized carbons (Fsp3) is 0.278. The molecular weight excluding hydrogens is 346 g/mol. The van der Waals surface area contributed by atoms with Crippen molar-refractivity contribution in [2.75, 3.05) is 31.6 Å². The Kier molecular flexibility index (Phi) is 5.84. The lowest BCUT2D eigenvalue weighted by Crippen LogP contribution is -2.20. The van der Waals surface area contributed by atoms with E-state index in [1.165, 1.54) is 6.08 Å². The van der Waals surface area contributed by atoms with Crippen LogP contribution in [-0.2, 0) is 4.74 Å². The Bertz CT molecular complexity index is 927. The first-order chi connectivity index (χ1) is 13.1. The number of rotatable bonds is 8. The highest BCUT2D eigenvalue weighted by atomic mass is 16.5. The number of aliphatic hydroxyl groups excluding tert-OH is 1. The van der Waals surface area contributed by atoms with Crippen molar-refractivity contribution in [3.05, 3.63) is 48.0 Å². The summed E-state index contributed by atoms with van der Waals surface area (Å²) in [5.41, 5.74) is 14.1. The molecule has 0 unspecified atom stereocenters. The highest BCUT2D eigenvalue weighted by Gasteiger charge is 2.18.